The number of hydrogen-bond acceptors (Lipinski definition) is 3. The molecule has 6 nitrogen and oxygen atoms in total. The summed E-state index contributed by atoms with van der Waals surface area (Å²) in [5.74, 6) is -3.51. The second-order valence-electron chi connectivity index (χ2n) is 7.12. The van der Waals surface area contributed by atoms with E-state index in [1.165, 1.54) is 6.07 Å². The molecule has 0 saturated heterocycles. The van der Waals surface area contributed by atoms with Crippen molar-refractivity contribution in [3.05, 3.63) is 106 Å². The van der Waals surface area contributed by atoms with Gasteiger partial charge in [-0.3, -0.25) is 14.7 Å². The Hall–Kier alpha value is -4.04. The van der Waals surface area contributed by atoms with E-state index in [0.717, 1.165) is 16.7 Å². The van der Waals surface area contributed by atoms with Gasteiger partial charge in [0.05, 0.1) is 10.6 Å². The first-order chi connectivity index (χ1) is 15.9. The molecule has 0 fully saturated rings. The third-order valence-corrected chi connectivity index (χ3v) is 5.11. The van der Waals surface area contributed by atoms with Gasteiger partial charge in [0.25, 0.3) is 11.8 Å². The molecule has 9 heteroatoms. The number of carbonyl (C=O) groups is 2. The van der Waals surface area contributed by atoms with Crippen molar-refractivity contribution in [2.24, 2.45) is 0 Å². The first-order valence-corrected chi connectivity index (χ1v) is 10.2. The first kappa shape index (κ1) is 22.2. The summed E-state index contributed by atoms with van der Waals surface area (Å²) in [5, 5.41) is 11.3. The van der Waals surface area contributed by atoms with E-state index in [2.05, 4.69) is 20.8 Å². The standard InChI is InChI=1S/C24H17ClF2N4O2/c25-18-11-20(27)19(26)10-17(18)23(32)29-22-12-21(30-31-22)24(33)28-13-14-5-4-8-16(9-14)15-6-2-1-3-7-15/h1-12H,13H2,(H,28,33)(H2,29,30,31,32). The number of H-pyrrole nitrogens is 1. The lowest BCUT2D eigenvalue weighted by Gasteiger charge is -2.07. The van der Waals surface area contributed by atoms with Crippen LogP contribution in [0.2, 0.25) is 5.02 Å². The van der Waals surface area contributed by atoms with Crippen molar-refractivity contribution >= 4 is 29.2 Å². The lowest BCUT2D eigenvalue weighted by Crippen LogP contribution is -2.23. The monoisotopic (exact) mass is 466 g/mol. The van der Waals surface area contributed by atoms with Crippen LogP contribution in [0, 0.1) is 11.6 Å². The van der Waals surface area contributed by atoms with E-state index in [4.69, 9.17) is 11.6 Å². The average Bonchev–Trinajstić information content (AvgIpc) is 3.29. The minimum atomic E-state index is -1.20. The topological polar surface area (TPSA) is 86.9 Å². The molecule has 3 N–H and O–H groups in total. The SMILES string of the molecule is O=C(NCc1cccc(-c2ccccc2)c1)c1cc(NC(=O)c2cc(F)c(F)cc2Cl)[nH]n1. The van der Waals surface area contributed by atoms with Gasteiger partial charge in [0, 0.05) is 12.6 Å². The molecular weight excluding hydrogens is 450 g/mol. The lowest BCUT2D eigenvalue weighted by molar-refractivity contribution is 0.0945. The quantitative estimate of drug-likeness (QED) is 0.342. The second-order valence-corrected chi connectivity index (χ2v) is 7.52. The van der Waals surface area contributed by atoms with Gasteiger partial charge < -0.3 is 10.6 Å². The number of hydrogen-bond donors (Lipinski definition) is 3. The predicted molar refractivity (Wildman–Crippen MR) is 121 cm³/mol. The van der Waals surface area contributed by atoms with Crippen LogP contribution in [0.4, 0.5) is 14.6 Å². The van der Waals surface area contributed by atoms with Crippen molar-refractivity contribution in [3.8, 4) is 11.1 Å². The molecule has 4 rings (SSSR count). The van der Waals surface area contributed by atoms with E-state index in [0.29, 0.717) is 12.1 Å². The van der Waals surface area contributed by atoms with Gasteiger partial charge >= 0.3 is 0 Å². The Kier molecular flexibility index (Phi) is 6.46. The molecule has 0 aliphatic carbocycles. The summed E-state index contributed by atoms with van der Waals surface area (Å²) in [6.07, 6.45) is 0. The van der Waals surface area contributed by atoms with Gasteiger partial charge in [0.2, 0.25) is 0 Å². The van der Waals surface area contributed by atoms with Crippen LogP contribution in [0.25, 0.3) is 11.1 Å². The highest BCUT2D eigenvalue weighted by Crippen LogP contribution is 2.22. The van der Waals surface area contributed by atoms with E-state index in [9.17, 15) is 18.4 Å². The molecule has 0 unspecified atom stereocenters. The summed E-state index contributed by atoms with van der Waals surface area (Å²) < 4.78 is 26.6. The number of amides is 2. The maximum absolute atomic E-state index is 13.4. The Morgan fingerprint density at radius 1 is 0.879 bits per heavy atom. The third kappa shape index (κ3) is 5.24. The van der Waals surface area contributed by atoms with Crippen molar-refractivity contribution in [2.45, 2.75) is 6.54 Å². The number of nitrogens with one attached hydrogen (secondary N) is 3. The van der Waals surface area contributed by atoms with Crippen molar-refractivity contribution in [2.75, 3.05) is 5.32 Å². The summed E-state index contributed by atoms with van der Waals surface area (Å²) in [7, 11) is 0. The van der Waals surface area contributed by atoms with Gasteiger partial charge in [-0.2, -0.15) is 5.10 Å². The average molecular weight is 467 g/mol. The Morgan fingerprint density at radius 3 is 2.39 bits per heavy atom. The fourth-order valence-corrected chi connectivity index (χ4v) is 3.39. The highest BCUT2D eigenvalue weighted by Gasteiger charge is 2.17. The van der Waals surface area contributed by atoms with Crippen LogP contribution in [-0.2, 0) is 6.54 Å². The van der Waals surface area contributed by atoms with Crippen molar-refractivity contribution < 1.29 is 18.4 Å². The molecule has 4 aromatic rings. The Bertz CT molecular complexity index is 1330. The van der Waals surface area contributed by atoms with E-state index in [1.54, 1.807) is 0 Å². The molecule has 33 heavy (non-hydrogen) atoms. The van der Waals surface area contributed by atoms with Crippen molar-refractivity contribution in [1.82, 2.24) is 15.5 Å². The van der Waals surface area contributed by atoms with E-state index < -0.39 is 23.4 Å². The fraction of sp³-hybridized carbons (Fsp3) is 0.0417. The number of aromatic nitrogens is 2. The molecule has 2 amide bonds. The third-order valence-electron chi connectivity index (χ3n) is 4.80. The largest absolute Gasteiger partial charge is 0.347 e. The fourth-order valence-electron chi connectivity index (χ4n) is 3.15. The maximum Gasteiger partial charge on any atom is 0.272 e. The number of carbonyl (C=O) groups excluding carboxylic acids is 2. The summed E-state index contributed by atoms with van der Waals surface area (Å²) in [5.41, 5.74) is 2.79. The minimum Gasteiger partial charge on any atom is -0.347 e. The van der Waals surface area contributed by atoms with Crippen LogP contribution < -0.4 is 10.6 Å². The van der Waals surface area contributed by atoms with Gasteiger partial charge in [0.15, 0.2) is 17.3 Å². The highest BCUT2D eigenvalue weighted by molar-refractivity contribution is 6.34. The van der Waals surface area contributed by atoms with Crippen LogP contribution in [0.3, 0.4) is 0 Å². The van der Waals surface area contributed by atoms with Crippen LogP contribution in [0.1, 0.15) is 26.4 Å². The number of anilines is 1. The first-order valence-electron chi connectivity index (χ1n) is 9.84. The second kappa shape index (κ2) is 9.62. The van der Waals surface area contributed by atoms with Crippen LogP contribution in [0.15, 0.2) is 72.8 Å². The number of rotatable bonds is 6. The van der Waals surface area contributed by atoms with E-state index >= 15 is 0 Å². The molecule has 0 saturated carbocycles. The molecule has 3 aromatic carbocycles. The van der Waals surface area contributed by atoms with Gasteiger partial charge in [-0.25, -0.2) is 8.78 Å². The normalized spacial score (nSPS) is 10.6. The summed E-state index contributed by atoms with van der Waals surface area (Å²) in [6, 6.07) is 20.4. The highest BCUT2D eigenvalue weighted by atomic mass is 35.5. The zero-order valence-corrected chi connectivity index (χ0v) is 17.8. The number of halogens is 3. The van der Waals surface area contributed by atoms with Crippen LogP contribution in [0.5, 0.6) is 0 Å². The molecular formula is C24H17ClF2N4O2. The summed E-state index contributed by atoms with van der Waals surface area (Å²) in [4.78, 5) is 24.8. The van der Waals surface area contributed by atoms with Gasteiger partial charge in [-0.05, 0) is 34.9 Å². The molecule has 0 aliphatic heterocycles. The molecule has 166 valence electrons. The molecule has 1 heterocycles. The summed E-state index contributed by atoms with van der Waals surface area (Å²) >= 11 is 5.81. The van der Waals surface area contributed by atoms with E-state index in [1.807, 2.05) is 54.6 Å². The number of benzene rings is 3. The molecule has 0 aliphatic rings. The lowest BCUT2D eigenvalue weighted by atomic mass is 10.0. The van der Waals surface area contributed by atoms with Gasteiger partial charge in [0.1, 0.15) is 5.82 Å². The Balaban J connectivity index is 1.39. The molecule has 0 atom stereocenters. The van der Waals surface area contributed by atoms with Gasteiger partial charge in [-0.15, -0.1) is 0 Å². The number of aromatic amines is 1. The summed E-state index contributed by atoms with van der Waals surface area (Å²) in [6.45, 7) is 0.276. The molecule has 0 radical (unpaired) electrons. The predicted octanol–water partition coefficient (Wildman–Crippen LogP) is 5.19. The Morgan fingerprint density at radius 2 is 1.61 bits per heavy atom. The molecule has 1 aromatic heterocycles. The van der Waals surface area contributed by atoms with Crippen molar-refractivity contribution in [3.63, 3.8) is 0 Å². The van der Waals surface area contributed by atoms with Crippen LogP contribution >= 0.6 is 11.6 Å². The zero-order valence-electron chi connectivity index (χ0n) is 17.0. The zero-order chi connectivity index (χ0) is 23.4. The number of nitrogens with zero attached hydrogens (tertiary/aromatic N) is 1. The smallest absolute Gasteiger partial charge is 0.272 e. The molecule has 0 spiro atoms. The van der Waals surface area contributed by atoms with Crippen molar-refractivity contribution in [1.29, 1.82) is 0 Å². The minimum absolute atomic E-state index is 0.0425. The van der Waals surface area contributed by atoms with Gasteiger partial charge in [-0.1, -0.05) is 60.1 Å². The maximum atomic E-state index is 13.4. The molecule has 0 bridgehead atoms. The van der Waals surface area contributed by atoms with Crippen LogP contribution in [-0.4, -0.2) is 22.0 Å². The van der Waals surface area contributed by atoms with E-state index in [-0.39, 0.29) is 28.6 Å². The Labute approximate surface area is 192 Å².